The molecular formula is C11H15NO5. The average Bonchev–Trinajstić information content (AvgIpc) is 2.37. The van der Waals surface area contributed by atoms with Crippen LogP contribution in [0.4, 0.5) is 0 Å². The molecule has 0 amide bonds. The summed E-state index contributed by atoms with van der Waals surface area (Å²) in [4.78, 5) is 23.4. The topological polar surface area (TPSA) is 73.9 Å². The SMILES string of the molecule is COC(=O)C1=CC(OC)=CNC1(C)C(=O)OC. The van der Waals surface area contributed by atoms with Crippen LogP contribution in [0.15, 0.2) is 23.6 Å². The molecule has 1 aliphatic rings. The summed E-state index contributed by atoms with van der Waals surface area (Å²) in [5.74, 6) is -0.777. The van der Waals surface area contributed by atoms with Crippen molar-refractivity contribution in [1.29, 1.82) is 0 Å². The maximum Gasteiger partial charge on any atom is 0.336 e. The molecule has 1 N–H and O–H groups in total. The van der Waals surface area contributed by atoms with Gasteiger partial charge in [-0.3, -0.25) is 0 Å². The fourth-order valence-corrected chi connectivity index (χ4v) is 1.49. The van der Waals surface area contributed by atoms with Gasteiger partial charge < -0.3 is 19.5 Å². The Kier molecular flexibility index (Phi) is 3.77. The minimum Gasteiger partial charge on any atom is -0.495 e. The van der Waals surface area contributed by atoms with Crippen molar-refractivity contribution in [2.45, 2.75) is 12.5 Å². The van der Waals surface area contributed by atoms with Gasteiger partial charge in [0.15, 0.2) is 5.54 Å². The summed E-state index contributed by atoms with van der Waals surface area (Å²) in [5.41, 5.74) is -1.14. The first-order valence-corrected chi connectivity index (χ1v) is 4.90. The lowest BCUT2D eigenvalue weighted by Gasteiger charge is -2.31. The van der Waals surface area contributed by atoms with Crippen molar-refractivity contribution >= 4 is 11.9 Å². The van der Waals surface area contributed by atoms with Crippen molar-refractivity contribution in [2.24, 2.45) is 0 Å². The van der Waals surface area contributed by atoms with E-state index in [1.54, 1.807) is 0 Å². The van der Waals surface area contributed by atoms with Crippen LogP contribution < -0.4 is 5.32 Å². The molecule has 6 heteroatoms. The van der Waals surface area contributed by atoms with Gasteiger partial charge in [-0.1, -0.05) is 0 Å². The zero-order valence-electron chi connectivity index (χ0n) is 10.2. The first-order chi connectivity index (χ1) is 7.99. The Balaban J connectivity index is 3.18. The Hall–Kier alpha value is -1.98. The summed E-state index contributed by atoms with van der Waals surface area (Å²) >= 11 is 0. The molecule has 94 valence electrons. The third-order valence-electron chi connectivity index (χ3n) is 2.56. The molecule has 0 fully saturated rings. The van der Waals surface area contributed by atoms with Crippen LogP contribution in [0.1, 0.15) is 6.92 Å². The highest BCUT2D eigenvalue weighted by Crippen LogP contribution is 2.25. The summed E-state index contributed by atoms with van der Waals surface area (Å²) in [6, 6.07) is 0. The summed E-state index contributed by atoms with van der Waals surface area (Å²) < 4.78 is 14.3. The summed E-state index contributed by atoms with van der Waals surface area (Å²) in [7, 11) is 3.95. The number of ether oxygens (including phenoxy) is 3. The van der Waals surface area contributed by atoms with Crippen molar-refractivity contribution in [3.63, 3.8) is 0 Å². The fourth-order valence-electron chi connectivity index (χ4n) is 1.49. The Labute approximate surface area is 99.2 Å². The van der Waals surface area contributed by atoms with Crippen LogP contribution in [0.2, 0.25) is 0 Å². The molecular weight excluding hydrogens is 226 g/mol. The predicted molar refractivity (Wildman–Crippen MR) is 58.7 cm³/mol. The quantitative estimate of drug-likeness (QED) is 0.707. The molecule has 0 saturated heterocycles. The maximum absolute atomic E-state index is 11.7. The molecule has 17 heavy (non-hydrogen) atoms. The van der Waals surface area contributed by atoms with Crippen molar-refractivity contribution in [1.82, 2.24) is 5.32 Å². The highest BCUT2D eigenvalue weighted by atomic mass is 16.5. The molecule has 0 radical (unpaired) electrons. The molecule has 0 aromatic carbocycles. The monoisotopic (exact) mass is 241 g/mol. The highest BCUT2D eigenvalue weighted by molar-refractivity contribution is 6.01. The number of carbonyl (C=O) groups is 2. The molecule has 1 unspecified atom stereocenters. The zero-order valence-corrected chi connectivity index (χ0v) is 10.2. The van der Waals surface area contributed by atoms with E-state index in [9.17, 15) is 9.59 Å². The van der Waals surface area contributed by atoms with Gasteiger partial charge in [0.25, 0.3) is 0 Å². The van der Waals surface area contributed by atoms with Gasteiger partial charge in [0.1, 0.15) is 5.76 Å². The summed E-state index contributed by atoms with van der Waals surface area (Å²) in [6.45, 7) is 1.53. The third kappa shape index (κ3) is 2.25. The third-order valence-corrected chi connectivity index (χ3v) is 2.56. The number of carbonyl (C=O) groups excluding carboxylic acids is 2. The van der Waals surface area contributed by atoms with Gasteiger partial charge in [-0.2, -0.15) is 0 Å². The van der Waals surface area contributed by atoms with Gasteiger partial charge in [-0.25, -0.2) is 9.59 Å². The Bertz CT molecular complexity index is 399. The number of dihydropyridines is 1. The predicted octanol–water partition coefficient (Wildman–Crippen LogP) is 0.108. The van der Waals surface area contributed by atoms with Crippen LogP contribution in [0.3, 0.4) is 0 Å². The number of allylic oxidation sites excluding steroid dienone is 1. The number of rotatable bonds is 3. The Morgan fingerprint density at radius 3 is 2.35 bits per heavy atom. The average molecular weight is 241 g/mol. The van der Waals surface area contributed by atoms with E-state index in [0.717, 1.165) is 0 Å². The molecule has 0 aromatic heterocycles. The molecule has 0 aliphatic carbocycles. The lowest BCUT2D eigenvalue weighted by molar-refractivity contribution is -0.149. The van der Waals surface area contributed by atoms with E-state index in [0.29, 0.717) is 5.76 Å². The first-order valence-electron chi connectivity index (χ1n) is 4.90. The lowest BCUT2D eigenvalue weighted by atomic mass is 9.89. The van der Waals surface area contributed by atoms with E-state index in [1.165, 1.54) is 40.5 Å². The van der Waals surface area contributed by atoms with E-state index in [2.05, 4.69) is 14.8 Å². The molecule has 1 rings (SSSR count). The Morgan fingerprint density at radius 1 is 1.24 bits per heavy atom. The first kappa shape index (κ1) is 13.1. The number of esters is 2. The van der Waals surface area contributed by atoms with E-state index >= 15 is 0 Å². The zero-order chi connectivity index (χ0) is 13.1. The molecule has 0 saturated carbocycles. The number of hydrogen-bond donors (Lipinski definition) is 1. The second kappa shape index (κ2) is 4.90. The second-order valence-corrected chi connectivity index (χ2v) is 3.56. The smallest absolute Gasteiger partial charge is 0.336 e. The van der Waals surface area contributed by atoms with E-state index in [1.807, 2.05) is 0 Å². The summed E-state index contributed by atoms with van der Waals surface area (Å²) in [5, 5.41) is 2.78. The van der Waals surface area contributed by atoms with Crippen LogP contribution in [-0.2, 0) is 23.8 Å². The molecule has 0 aromatic rings. The van der Waals surface area contributed by atoms with Crippen molar-refractivity contribution in [3.8, 4) is 0 Å². The van der Waals surface area contributed by atoms with E-state index < -0.39 is 17.5 Å². The van der Waals surface area contributed by atoms with Gasteiger partial charge in [0.05, 0.1) is 26.9 Å². The molecule has 1 aliphatic heterocycles. The van der Waals surface area contributed by atoms with Crippen molar-refractivity contribution in [2.75, 3.05) is 21.3 Å². The molecule has 1 atom stereocenters. The standard InChI is InChI=1S/C11H15NO5/c1-11(10(14)17-4)8(9(13)16-3)5-7(15-2)6-12-11/h5-6,12H,1-4H3. The van der Waals surface area contributed by atoms with Crippen LogP contribution in [0.25, 0.3) is 0 Å². The van der Waals surface area contributed by atoms with Gasteiger partial charge in [-0.15, -0.1) is 0 Å². The largest absolute Gasteiger partial charge is 0.495 e. The van der Waals surface area contributed by atoms with Crippen LogP contribution in [0.5, 0.6) is 0 Å². The minimum atomic E-state index is -1.27. The Morgan fingerprint density at radius 2 is 1.88 bits per heavy atom. The van der Waals surface area contributed by atoms with Crippen LogP contribution >= 0.6 is 0 Å². The van der Waals surface area contributed by atoms with Gasteiger partial charge in [-0.05, 0) is 13.0 Å². The molecule has 0 spiro atoms. The van der Waals surface area contributed by atoms with Crippen molar-refractivity contribution < 1.29 is 23.8 Å². The minimum absolute atomic E-state index is 0.131. The van der Waals surface area contributed by atoms with Crippen LogP contribution in [-0.4, -0.2) is 38.8 Å². The van der Waals surface area contributed by atoms with Gasteiger partial charge >= 0.3 is 11.9 Å². The van der Waals surface area contributed by atoms with Gasteiger partial charge in [0, 0.05) is 6.20 Å². The molecule has 6 nitrogen and oxygen atoms in total. The number of nitrogens with one attached hydrogen (secondary N) is 1. The summed E-state index contributed by atoms with van der Waals surface area (Å²) in [6.07, 6.45) is 2.93. The maximum atomic E-state index is 11.7. The number of methoxy groups -OCH3 is 3. The van der Waals surface area contributed by atoms with Crippen molar-refractivity contribution in [3.05, 3.63) is 23.6 Å². The van der Waals surface area contributed by atoms with Gasteiger partial charge in [0.2, 0.25) is 0 Å². The fraction of sp³-hybridized carbons (Fsp3) is 0.455. The van der Waals surface area contributed by atoms with E-state index in [-0.39, 0.29) is 5.57 Å². The van der Waals surface area contributed by atoms with Crippen LogP contribution in [0, 0.1) is 0 Å². The molecule has 1 heterocycles. The van der Waals surface area contributed by atoms with E-state index in [4.69, 9.17) is 4.74 Å². The highest BCUT2D eigenvalue weighted by Gasteiger charge is 2.43. The second-order valence-electron chi connectivity index (χ2n) is 3.56. The number of hydrogen-bond acceptors (Lipinski definition) is 6. The molecule has 0 bridgehead atoms. The lowest BCUT2D eigenvalue weighted by Crippen LogP contribution is -2.53. The normalized spacial score (nSPS) is 22.8.